The van der Waals surface area contributed by atoms with E-state index in [0.717, 1.165) is 31.2 Å². The van der Waals surface area contributed by atoms with Gasteiger partial charge in [0.1, 0.15) is 28.6 Å². The molecule has 3 aromatic rings. The number of benzene rings is 1. The average Bonchev–Trinajstić information content (AvgIpc) is 3.18. The fraction of sp³-hybridized carbons (Fsp3) is 0.136. The lowest BCUT2D eigenvalue weighted by molar-refractivity contribution is -0.0913. The van der Waals surface area contributed by atoms with Crippen LogP contribution in [-0.2, 0) is 11.0 Å². The summed E-state index contributed by atoms with van der Waals surface area (Å²) in [6, 6.07) is 3.26. The van der Waals surface area contributed by atoms with Gasteiger partial charge in [0.2, 0.25) is 0 Å². The number of H-pyrrole nitrogens is 1. The third-order valence-electron chi connectivity index (χ3n) is 4.79. The van der Waals surface area contributed by atoms with Crippen LogP contribution in [0.15, 0.2) is 65.9 Å². The van der Waals surface area contributed by atoms with E-state index in [1.165, 1.54) is 18.5 Å². The molecule has 3 rings (SSSR count). The van der Waals surface area contributed by atoms with Crippen LogP contribution in [0.25, 0.3) is 11.0 Å². The van der Waals surface area contributed by atoms with E-state index in [4.69, 9.17) is 11.6 Å². The minimum atomic E-state index is -4.58. The van der Waals surface area contributed by atoms with Crippen LogP contribution < -0.4 is 4.72 Å². The summed E-state index contributed by atoms with van der Waals surface area (Å²) in [5.74, 6) is -2.32. The van der Waals surface area contributed by atoms with Crippen molar-refractivity contribution in [3.63, 3.8) is 0 Å². The number of aliphatic hydroxyl groups excluding tert-OH is 1. The maximum atomic E-state index is 15.2. The second-order valence-corrected chi connectivity index (χ2v) is 8.66. The van der Waals surface area contributed by atoms with E-state index in [9.17, 15) is 26.9 Å². The number of nitrogens with zero attached hydrogens (tertiary/aromatic N) is 1. The number of aromatic amines is 1. The number of alkyl halides is 3. The summed E-state index contributed by atoms with van der Waals surface area (Å²) in [5.41, 5.74) is -1.71. The Morgan fingerprint density at radius 1 is 1.32 bits per heavy atom. The summed E-state index contributed by atoms with van der Waals surface area (Å²) in [4.78, 5) is 6.60. The van der Waals surface area contributed by atoms with Crippen molar-refractivity contribution in [3.05, 3.63) is 93.7 Å². The van der Waals surface area contributed by atoms with Crippen LogP contribution in [0.1, 0.15) is 24.2 Å². The van der Waals surface area contributed by atoms with Crippen molar-refractivity contribution in [2.75, 3.05) is 4.72 Å². The number of nitrogens with one attached hydrogen (secondary N) is 2. The zero-order valence-corrected chi connectivity index (χ0v) is 19.0. The molecule has 0 aliphatic carbocycles. The summed E-state index contributed by atoms with van der Waals surface area (Å²) < 4.78 is 82.6. The van der Waals surface area contributed by atoms with E-state index >= 15 is 4.39 Å². The SMILES string of the molecule is C=C/C(=C\C=C(/C)C(F)(F)F)S(=O)Nc1ccc(F)c(C(O)c2c[nH]c3ncc(Cl)cc23)c1F. The van der Waals surface area contributed by atoms with Crippen LogP contribution in [0.5, 0.6) is 0 Å². The third-order valence-corrected chi connectivity index (χ3v) is 6.13. The van der Waals surface area contributed by atoms with E-state index in [1.807, 2.05) is 0 Å². The largest absolute Gasteiger partial charge is 0.412 e. The third kappa shape index (κ3) is 5.37. The molecule has 180 valence electrons. The summed E-state index contributed by atoms with van der Waals surface area (Å²) in [6.07, 6.45) is -1.04. The number of halogens is 6. The molecule has 12 heteroatoms. The number of pyridine rings is 1. The first kappa shape index (κ1) is 25.6. The van der Waals surface area contributed by atoms with E-state index < -0.39 is 51.7 Å². The molecular weight excluding hydrogens is 501 g/mol. The molecule has 5 nitrogen and oxygen atoms in total. The number of rotatable bonds is 7. The summed E-state index contributed by atoms with van der Waals surface area (Å²) >= 11 is 5.93. The smallest absolute Gasteiger partial charge is 0.383 e. The van der Waals surface area contributed by atoms with Gasteiger partial charge in [-0.15, -0.1) is 0 Å². The van der Waals surface area contributed by atoms with Gasteiger partial charge in [-0.25, -0.2) is 18.0 Å². The van der Waals surface area contributed by atoms with Crippen molar-refractivity contribution < 1.29 is 31.3 Å². The number of anilines is 1. The standard InChI is InChI=1S/C22H17ClF5N3O2S/c1-3-13(5-4-11(2)22(26,27)28)34(33)31-17-7-6-16(24)18(19(17)25)20(32)15-10-30-21-14(15)8-12(23)9-29-21/h3-10,20,31-32H,1H2,2H3,(H,29,30)/b11-4+,13-5+. The summed E-state index contributed by atoms with van der Waals surface area (Å²) in [5, 5.41) is 11.3. The Morgan fingerprint density at radius 3 is 2.68 bits per heavy atom. The lowest BCUT2D eigenvalue weighted by Gasteiger charge is -2.16. The van der Waals surface area contributed by atoms with Crippen LogP contribution in [0.3, 0.4) is 0 Å². The second kappa shape index (κ2) is 10.1. The van der Waals surface area contributed by atoms with Gasteiger partial charge in [0, 0.05) is 28.9 Å². The molecule has 0 saturated carbocycles. The number of aliphatic hydroxyl groups is 1. The molecule has 0 amide bonds. The normalized spacial score (nSPS) is 14.8. The molecule has 1 aromatic carbocycles. The highest BCUT2D eigenvalue weighted by Crippen LogP contribution is 2.35. The van der Waals surface area contributed by atoms with E-state index in [0.29, 0.717) is 17.1 Å². The van der Waals surface area contributed by atoms with Gasteiger partial charge >= 0.3 is 6.18 Å². The Morgan fingerprint density at radius 2 is 2.03 bits per heavy atom. The first-order valence-electron chi connectivity index (χ1n) is 9.49. The number of hydrogen-bond donors (Lipinski definition) is 3. The lowest BCUT2D eigenvalue weighted by atomic mass is 10.00. The average molecular weight is 518 g/mol. The van der Waals surface area contributed by atoms with Crippen molar-refractivity contribution in [1.29, 1.82) is 0 Å². The Bertz CT molecular complexity index is 1330. The van der Waals surface area contributed by atoms with E-state index in [1.54, 1.807) is 0 Å². The van der Waals surface area contributed by atoms with Gasteiger partial charge in [-0.2, -0.15) is 13.2 Å². The second-order valence-electron chi connectivity index (χ2n) is 7.01. The van der Waals surface area contributed by atoms with Crippen molar-refractivity contribution in [3.8, 4) is 0 Å². The van der Waals surface area contributed by atoms with Gasteiger partial charge in [-0.1, -0.05) is 30.3 Å². The fourth-order valence-corrected chi connectivity index (χ4v) is 3.92. The minimum absolute atomic E-state index is 0.0977. The van der Waals surface area contributed by atoms with E-state index in [-0.39, 0.29) is 15.5 Å². The van der Waals surface area contributed by atoms with Gasteiger partial charge in [0.15, 0.2) is 5.82 Å². The molecule has 0 saturated heterocycles. The number of fused-ring (bicyclic) bond motifs is 1. The molecule has 3 N–H and O–H groups in total. The highest BCUT2D eigenvalue weighted by molar-refractivity contribution is 7.90. The van der Waals surface area contributed by atoms with Crippen molar-refractivity contribution in [2.45, 2.75) is 19.2 Å². The van der Waals surface area contributed by atoms with Crippen LogP contribution in [0.2, 0.25) is 5.02 Å². The summed E-state index contributed by atoms with van der Waals surface area (Å²) in [7, 11) is -2.25. The Hall–Kier alpha value is -3.02. The molecule has 2 aromatic heterocycles. The predicted octanol–water partition coefficient (Wildman–Crippen LogP) is 6.23. The summed E-state index contributed by atoms with van der Waals surface area (Å²) in [6.45, 7) is 4.22. The van der Waals surface area contributed by atoms with Gasteiger partial charge in [0.25, 0.3) is 0 Å². The van der Waals surface area contributed by atoms with Crippen molar-refractivity contribution in [1.82, 2.24) is 9.97 Å². The fourth-order valence-electron chi connectivity index (χ4n) is 2.94. The van der Waals surface area contributed by atoms with Gasteiger partial charge in [0.05, 0.1) is 21.2 Å². The highest BCUT2D eigenvalue weighted by atomic mass is 35.5. The zero-order chi connectivity index (χ0) is 25.2. The lowest BCUT2D eigenvalue weighted by Crippen LogP contribution is -2.12. The van der Waals surface area contributed by atoms with Crippen LogP contribution >= 0.6 is 11.6 Å². The first-order valence-corrected chi connectivity index (χ1v) is 11.0. The Balaban J connectivity index is 1.95. The molecule has 0 bridgehead atoms. The molecule has 34 heavy (non-hydrogen) atoms. The minimum Gasteiger partial charge on any atom is -0.383 e. The maximum Gasteiger partial charge on any atom is 0.412 e. The molecule has 0 aliphatic rings. The predicted molar refractivity (Wildman–Crippen MR) is 121 cm³/mol. The Labute approximate surface area is 198 Å². The van der Waals surface area contributed by atoms with Crippen LogP contribution in [0.4, 0.5) is 27.6 Å². The molecule has 2 unspecified atom stereocenters. The Kier molecular flexibility index (Phi) is 7.59. The molecule has 0 radical (unpaired) electrons. The maximum absolute atomic E-state index is 15.2. The zero-order valence-electron chi connectivity index (χ0n) is 17.4. The van der Waals surface area contributed by atoms with Gasteiger partial charge in [-0.05, 0) is 31.2 Å². The number of allylic oxidation sites excluding steroid dienone is 4. The van der Waals surface area contributed by atoms with Crippen molar-refractivity contribution >= 4 is 39.3 Å². The number of hydrogen-bond acceptors (Lipinski definition) is 3. The monoisotopic (exact) mass is 517 g/mol. The molecule has 0 fully saturated rings. The van der Waals surface area contributed by atoms with Gasteiger partial charge in [-0.3, -0.25) is 4.72 Å². The quantitative estimate of drug-likeness (QED) is 0.257. The van der Waals surface area contributed by atoms with Crippen LogP contribution in [0, 0.1) is 11.6 Å². The molecule has 2 atom stereocenters. The molecule has 2 heterocycles. The topological polar surface area (TPSA) is 78.0 Å². The number of aromatic nitrogens is 2. The van der Waals surface area contributed by atoms with Crippen molar-refractivity contribution in [2.24, 2.45) is 0 Å². The first-order chi connectivity index (χ1) is 15.9. The highest BCUT2D eigenvalue weighted by Gasteiger charge is 2.29. The van der Waals surface area contributed by atoms with E-state index in [2.05, 4.69) is 21.3 Å². The molecular formula is C22H17ClF5N3O2S. The van der Waals surface area contributed by atoms with Gasteiger partial charge < -0.3 is 10.1 Å². The molecule has 0 spiro atoms. The molecule has 0 aliphatic heterocycles. The van der Waals surface area contributed by atoms with Crippen LogP contribution in [-0.4, -0.2) is 25.5 Å².